The summed E-state index contributed by atoms with van der Waals surface area (Å²) in [6.07, 6.45) is 3.82. The highest BCUT2D eigenvalue weighted by Crippen LogP contribution is 2.42. The lowest BCUT2D eigenvalue weighted by Crippen LogP contribution is -2.17. The Balaban J connectivity index is 2.20. The molecule has 2 heteroatoms. The summed E-state index contributed by atoms with van der Waals surface area (Å²) < 4.78 is 5.42. The van der Waals surface area contributed by atoms with Gasteiger partial charge in [-0.3, -0.25) is 0 Å². The van der Waals surface area contributed by atoms with Crippen LogP contribution in [-0.2, 0) is 6.42 Å². The monoisotopic (exact) mass is 234 g/mol. The lowest BCUT2D eigenvalue weighted by Gasteiger charge is -2.25. The molecule has 2 nitrogen and oxygen atoms in total. The highest BCUT2D eigenvalue weighted by atomic mass is 16.5. The zero-order valence-corrected chi connectivity index (χ0v) is 11.0. The summed E-state index contributed by atoms with van der Waals surface area (Å²) in [6.45, 7) is 4.37. The van der Waals surface area contributed by atoms with Gasteiger partial charge in [-0.05, 0) is 49.7 Å². The maximum atomic E-state index is 9.69. The first kappa shape index (κ1) is 12.4. The van der Waals surface area contributed by atoms with Crippen molar-refractivity contribution in [2.45, 2.75) is 45.6 Å². The van der Waals surface area contributed by atoms with E-state index in [1.54, 1.807) is 7.11 Å². The molecule has 0 radical (unpaired) electrons. The third-order valence-corrected chi connectivity index (χ3v) is 3.86. The molecule has 1 fully saturated rings. The number of hydrogen-bond acceptors (Lipinski definition) is 2. The minimum absolute atomic E-state index is 0.115. The second kappa shape index (κ2) is 4.69. The van der Waals surface area contributed by atoms with Crippen LogP contribution in [0.5, 0.6) is 5.75 Å². The van der Waals surface area contributed by atoms with E-state index in [0.29, 0.717) is 0 Å². The van der Waals surface area contributed by atoms with E-state index < -0.39 is 0 Å². The van der Waals surface area contributed by atoms with E-state index >= 15 is 0 Å². The van der Waals surface area contributed by atoms with Crippen molar-refractivity contribution in [1.29, 1.82) is 0 Å². The molecule has 0 spiro atoms. The second-order valence-corrected chi connectivity index (χ2v) is 5.70. The van der Waals surface area contributed by atoms with Crippen LogP contribution in [0.25, 0.3) is 0 Å². The topological polar surface area (TPSA) is 29.5 Å². The molecule has 94 valence electrons. The van der Waals surface area contributed by atoms with Crippen LogP contribution in [0.4, 0.5) is 0 Å². The molecule has 1 aromatic rings. The maximum Gasteiger partial charge on any atom is 0.122 e. The minimum Gasteiger partial charge on any atom is -0.496 e. The van der Waals surface area contributed by atoms with Gasteiger partial charge in [0.2, 0.25) is 0 Å². The van der Waals surface area contributed by atoms with Crippen LogP contribution >= 0.6 is 0 Å². The van der Waals surface area contributed by atoms with Gasteiger partial charge in [0.15, 0.2) is 0 Å². The van der Waals surface area contributed by atoms with E-state index in [0.717, 1.165) is 31.4 Å². The van der Waals surface area contributed by atoms with Crippen LogP contribution < -0.4 is 4.74 Å². The molecular weight excluding hydrogens is 212 g/mol. The van der Waals surface area contributed by atoms with Crippen LogP contribution in [-0.4, -0.2) is 18.3 Å². The number of methoxy groups -OCH3 is 1. The molecule has 1 aliphatic rings. The van der Waals surface area contributed by atoms with Crippen LogP contribution in [0.15, 0.2) is 18.2 Å². The number of aliphatic hydroxyl groups is 1. The molecule has 0 aliphatic heterocycles. The molecule has 0 bridgehead atoms. The first-order valence-corrected chi connectivity index (χ1v) is 6.34. The Bertz CT molecular complexity index is 400. The molecule has 2 rings (SSSR count). The van der Waals surface area contributed by atoms with Gasteiger partial charge in [0.05, 0.1) is 13.2 Å². The smallest absolute Gasteiger partial charge is 0.122 e. The molecule has 2 unspecified atom stereocenters. The summed E-state index contributed by atoms with van der Waals surface area (Å²) in [7, 11) is 1.72. The van der Waals surface area contributed by atoms with Gasteiger partial charge in [0.1, 0.15) is 5.75 Å². The van der Waals surface area contributed by atoms with E-state index in [9.17, 15) is 5.11 Å². The third-order valence-electron chi connectivity index (χ3n) is 3.86. The molecule has 0 saturated heterocycles. The molecule has 1 N–H and O–H groups in total. The van der Waals surface area contributed by atoms with Gasteiger partial charge in [0, 0.05) is 0 Å². The SMILES string of the molecule is COc1ccc(C)cc1CC1(C)CCC(O)C1. The van der Waals surface area contributed by atoms with Crippen molar-refractivity contribution in [2.75, 3.05) is 7.11 Å². The Hall–Kier alpha value is -1.02. The number of aliphatic hydroxyl groups excluding tert-OH is 1. The van der Waals surface area contributed by atoms with E-state index in [1.807, 2.05) is 6.07 Å². The van der Waals surface area contributed by atoms with Gasteiger partial charge in [-0.25, -0.2) is 0 Å². The molecule has 0 heterocycles. The quantitative estimate of drug-likeness (QED) is 0.870. The van der Waals surface area contributed by atoms with E-state index in [1.165, 1.54) is 11.1 Å². The second-order valence-electron chi connectivity index (χ2n) is 5.70. The summed E-state index contributed by atoms with van der Waals surface area (Å²) in [6, 6.07) is 6.32. The molecule has 0 amide bonds. The molecule has 17 heavy (non-hydrogen) atoms. The lowest BCUT2D eigenvalue weighted by atomic mass is 9.81. The van der Waals surface area contributed by atoms with Crippen molar-refractivity contribution in [3.05, 3.63) is 29.3 Å². The van der Waals surface area contributed by atoms with Gasteiger partial charge in [0.25, 0.3) is 0 Å². The third kappa shape index (κ3) is 2.81. The van der Waals surface area contributed by atoms with Crippen molar-refractivity contribution in [3.8, 4) is 5.75 Å². The van der Waals surface area contributed by atoms with E-state index in [4.69, 9.17) is 4.74 Å². The van der Waals surface area contributed by atoms with Crippen LogP contribution in [0, 0.1) is 12.3 Å². The minimum atomic E-state index is -0.115. The number of benzene rings is 1. The van der Waals surface area contributed by atoms with Crippen LogP contribution in [0.3, 0.4) is 0 Å². The van der Waals surface area contributed by atoms with Crippen molar-refractivity contribution < 1.29 is 9.84 Å². The Morgan fingerprint density at radius 3 is 2.82 bits per heavy atom. The summed E-state index contributed by atoms with van der Waals surface area (Å²) >= 11 is 0. The molecule has 0 aromatic heterocycles. The van der Waals surface area contributed by atoms with Gasteiger partial charge >= 0.3 is 0 Å². The van der Waals surface area contributed by atoms with E-state index in [-0.39, 0.29) is 11.5 Å². The van der Waals surface area contributed by atoms with Crippen LogP contribution in [0.1, 0.15) is 37.3 Å². The Kier molecular flexibility index (Phi) is 3.43. The van der Waals surface area contributed by atoms with Crippen molar-refractivity contribution in [3.63, 3.8) is 0 Å². The summed E-state index contributed by atoms with van der Waals surface area (Å²) in [4.78, 5) is 0. The molecule has 2 atom stereocenters. The zero-order chi connectivity index (χ0) is 12.5. The fourth-order valence-electron chi connectivity index (χ4n) is 2.95. The average molecular weight is 234 g/mol. The Labute approximate surface area is 104 Å². The highest BCUT2D eigenvalue weighted by molar-refractivity contribution is 5.37. The molecule has 1 aromatic carbocycles. The predicted octanol–water partition coefficient (Wildman–Crippen LogP) is 3.10. The lowest BCUT2D eigenvalue weighted by molar-refractivity contribution is 0.163. The first-order valence-electron chi connectivity index (χ1n) is 6.34. The average Bonchev–Trinajstić information content (AvgIpc) is 2.59. The summed E-state index contributed by atoms with van der Waals surface area (Å²) in [5.74, 6) is 0.971. The van der Waals surface area contributed by atoms with Gasteiger partial charge in [-0.1, -0.05) is 24.6 Å². The summed E-state index contributed by atoms with van der Waals surface area (Å²) in [5, 5.41) is 9.69. The predicted molar refractivity (Wildman–Crippen MR) is 69.4 cm³/mol. The van der Waals surface area contributed by atoms with E-state index in [2.05, 4.69) is 26.0 Å². The molecular formula is C15H22O2. The maximum absolute atomic E-state index is 9.69. The first-order chi connectivity index (χ1) is 8.02. The standard InChI is InChI=1S/C15H22O2/c1-11-4-5-14(17-3)12(8-11)9-15(2)7-6-13(16)10-15/h4-5,8,13,16H,6-7,9-10H2,1-3H3. The van der Waals surface area contributed by atoms with Gasteiger partial charge in [-0.2, -0.15) is 0 Å². The molecule has 1 saturated carbocycles. The summed E-state index contributed by atoms with van der Waals surface area (Å²) in [5.41, 5.74) is 2.76. The fourth-order valence-corrected chi connectivity index (χ4v) is 2.95. The number of rotatable bonds is 3. The molecule has 1 aliphatic carbocycles. The number of ether oxygens (including phenoxy) is 1. The van der Waals surface area contributed by atoms with Crippen LogP contribution in [0.2, 0.25) is 0 Å². The fraction of sp³-hybridized carbons (Fsp3) is 0.600. The zero-order valence-electron chi connectivity index (χ0n) is 11.0. The highest BCUT2D eigenvalue weighted by Gasteiger charge is 2.34. The number of hydrogen-bond donors (Lipinski definition) is 1. The van der Waals surface area contributed by atoms with Gasteiger partial charge in [-0.15, -0.1) is 0 Å². The van der Waals surface area contributed by atoms with Crippen molar-refractivity contribution >= 4 is 0 Å². The van der Waals surface area contributed by atoms with Crippen molar-refractivity contribution in [1.82, 2.24) is 0 Å². The normalized spacial score (nSPS) is 28.4. The number of aryl methyl sites for hydroxylation is 1. The van der Waals surface area contributed by atoms with Gasteiger partial charge < -0.3 is 9.84 Å². The van der Waals surface area contributed by atoms with Crippen molar-refractivity contribution in [2.24, 2.45) is 5.41 Å². The Morgan fingerprint density at radius 2 is 2.24 bits per heavy atom. The Morgan fingerprint density at radius 1 is 1.47 bits per heavy atom. The largest absolute Gasteiger partial charge is 0.496 e.